The van der Waals surface area contributed by atoms with Crippen molar-refractivity contribution in [1.29, 1.82) is 0 Å². The van der Waals surface area contributed by atoms with Crippen LogP contribution in [-0.4, -0.2) is 41.4 Å². The molecule has 186 valence electrons. The first kappa shape index (κ1) is 25.3. The van der Waals surface area contributed by atoms with Crippen molar-refractivity contribution in [2.24, 2.45) is 4.99 Å². The number of nitrogens with zero attached hydrogens (tertiary/aromatic N) is 2. The standard InChI is InChI=1S/C28H29N3O4S/c1-18-5-14-24(19(2)15-18)30-27(33)25-16-26(32)31(17-20-6-10-22(34-3)11-7-20)28(36-25)29-21-8-12-23(35-4)13-9-21/h5-15,25H,16-17H2,1-4H3,(H,30,33). The van der Waals surface area contributed by atoms with E-state index < -0.39 is 5.25 Å². The van der Waals surface area contributed by atoms with E-state index in [0.29, 0.717) is 23.1 Å². The topological polar surface area (TPSA) is 80.2 Å². The molecule has 2 amide bonds. The zero-order valence-electron chi connectivity index (χ0n) is 20.8. The van der Waals surface area contributed by atoms with Gasteiger partial charge in [0.1, 0.15) is 16.7 Å². The van der Waals surface area contributed by atoms with Crippen molar-refractivity contribution in [1.82, 2.24) is 4.90 Å². The monoisotopic (exact) mass is 503 g/mol. The predicted molar refractivity (Wildman–Crippen MR) is 144 cm³/mol. The van der Waals surface area contributed by atoms with Crippen LogP contribution in [0, 0.1) is 13.8 Å². The molecule has 0 spiro atoms. The van der Waals surface area contributed by atoms with Gasteiger partial charge in [-0.25, -0.2) is 4.99 Å². The van der Waals surface area contributed by atoms with E-state index in [2.05, 4.69) is 5.32 Å². The fraction of sp³-hybridized carbons (Fsp3) is 0.250. The van der Waals surface area contributed by atoms with Crippen molar-refractivity contribution in [3.63, 3.8) is 0 Å². The molecule has 1 atom stereocenters. The van der Waals surface area contributed by atoms with E-state index in [1.54, 1.807) is 19.1 Å². The van der Waals surface area contributed by atoms with Crippen LogP contribution in [0.2, 0.25) is 0 Å². The third-order valence-corrected chi connectivity index (χ3v) is 7.06. The summed E-state index contributed by atoms with van der Waals surface area (Å²) in [5.41, 5.74) is 4.44. The number of rotatable bonds is 7. The largest absolute Gasteiger partial charge is 0.497 e. The molecule has 0 aromatic heterocycles. The summed E-state index contributed by atoms with van der Waals surface area (Å²) in [6, 6.07) is 20.7. The molecule has 1 unspecified atom stereocenters. The van der Waals surface area contributed by atoms with Crippen LogP contribution in [0.4, 0.5) is 11.4 Å². The maximum absolute atomic E-state index is 13.3. The number of amides is 2. The highest BCUT2D eigenvalue weighted by Gasteiger charge is 2.36. The van der Waals surface area contributed by atoms with Crippen molar-refractivity contribution in [2.75, 3.05) is 19.5 Å². The maximum atomic E-state index is 13.3. The molecule has 1 N–H and O–H groups in total. The summed E-state index contributed by atoms with van der Waals surface area (Å²) in [7, 11) is 3.22. The second-order valence-corrected chi connectivity index (χ2v) is 9.71. The number of methoxy groups -OCH3 is 2. The van der Waals surface area contributed by atoms with Gasteiger partial charge in [-0.15, -0.1) is 0 Å². The van der Waals surface area contributed by atoms with E-state index in [0.717, 1.165) is 28.1 Å². The number of amidine groups is 1. The summed E-state index contributed by atoms with van der Waals surface area (Å²) in [4.78, 5) is 32.9. The molecule has 0 bridgehead atoms. The van der Waals surface area contributed by atoms with Crippen LogP contribution in [0.15, 0.2) is 71.7 Å². The van der Waals surface area contributed by atoms with Gasteiger partial charge in [0.05, 0.1) is 26.5 Å². The Labute approximate surface area is 215 Å². The van der Waals surface area contributed by atoms with Crippen LogP contribution in [-0.2, 0) is 16.1 Å². The summed E-state index contributed by atoms with van der Waals surface area (Å²) in [5.74, 6) is 1.09. The summed E-state index contributed by atoms with van der Waals surface area (Å²) < 4.78 is 10.5. The average molecular weight is 504 g/mol. The molecule has 0 aliphatic carbocycles. The first-order valence-electron chi connectivity index (χ1n) is 11.6. The zero-order chi connectivity index (χ0) is 25.7. The fourth-order valence-corrected chi connectivity index (χ4v) is 4.94. The molecule has 0 saturated carbocycles. The second kappa shape index (κ2) is 11.3. The van der Waals surface area contributed by atoms with Gasteiger partial charge in [-0.05, 0) is 67.4 Å². The Balaban J connectivity index is 1.60. The van der Waals surface area contributed by atoms with Gasteiger partial charge < -0.3 is 14.8 Å². The number of thioether (sulfide) groups is 1. The van der Waals surface area contributed by atoms with Crippen LogP contribution in [0.1, 0.15) is 23.1 Å². The zero-order valence-corrected chi connectivity index (χ0v) is 21.6. The summed E-state index contributed by atoms with van der Waals surface area (Å²) in [6.07, 6.45) is 0.0825. The molecule has 3 aromatic carbocycles. The number of anilines is 1. The molecule has 7 nitrogen and oxygen atoms in total. The van der Waals surface area contributed by atoms with Gasteiger partial charge >= 0.3 is 0 Å². The van der Waals surface area contributed by atoms with Crippen molar-refractivity contribution in [3.05, 3.63) is 83.4 Å². The van der Waals surface area contributed by atoms with E-state index in [9.17, 15) is 9.59 Å². The highest BCUT2D eigenvalue weighted by Crippen LogP contribution is 2.32. The number of aryl methyl sites for hydroxylation is 2. The normalized spacial score (nSPS) is 16.7. The number of ether oxygens (including phenoxy) is 2. The minimum atomic E-state index is -0.595. The lowest BCUT2D eigenvalue weighted by atomic mass is 10.1. The molecule has 3 aromatic rings. The molecule has 1 fully saturated rings. The Bertz CT molecular complexity index is 1270. The van der Waals surface area contributed by atoms with Crippen LogP contribution in [0.5, 0.6) is 11.5 Å². The van der Waals surface area contributed by atoms with Gasteiger partial charge in [0.2, 0.25) is 11.8 Å². The molecule has 8 heteroatoms. The number of nitrogens with one attached hydrogen (secondary N) is 1. The van der Waals surface area contributed by atoms with Crippen molar-refractivity contribution in [3.8, 4) is 11.5 Å². The third-order valence-electron chi connectivity index (χ3n) is 5.87. The predicted octanol–water partition coefficient (Wildman–Crippen LogP) is 5.48. The van der Waals surface area contributed by atoms with Crippen molar-refractivity contribution < 1.29 is 19.1 Å². The number of carbonyl (C=O) groups is 2. The van der Waals surface area contributed by atoms with E-state index in [4.69, 9.17) is 14.5 Å². The lowest BCUT2D eigenvalue weighted by Crippen LogP contribution is -2.44. The number of hydrogen-bond acceptors (Lipinski definition) is 6. The third kappa shape index (κ3) is 6.07. The smallest absolute Gasteiger partial charge is 0.238 e. The molecule has 0 radical (unpaired) electrons. The Hall–Kier alpha value is -3.78. The molecule has 1 aliphatic heterocycles. The van der Waals surface area contributed by atoms with E-state index in [1.165, 1.54) is 11.8 Å². The van der Waals surface area contributed by atoms with E-state index in [-0.39, 0.29) is 18.2 Å². The Morgan fingerprint density at radius 3 is 2.25 bits per heavy atom. The van der Waals surface area contributed by atoms with Crippen molar-refractivity contribution in [2.45, 2.75) is 32.1 Å². The van der Waals surface area contributed by atoms with E-state index in [1.807, 2.05) is 80.6 Å². The van der Waals surface area contributed by atoms with Gasteiger partial charge in [-0.1, -0.05) is 41.6 Å². The summed E-state index contributed by atoms with van der Waals surface area (Å²) >= 11 is 1.30. The van der Waals surface area contributed by atoms with Crippen LogP contribution in [0.25, 0.3) is 0 Å². The lowest BCUT2D eigenvalue weighted by molar-refractivity contribution is -0.129. The number of benzene rings is 3. The quantitative estimate of drug-likeness (QED) is 0.462. The van der Waals surface area contributed by atoms with Gasteiger partial charge in [0.15, 0.2) is 5.17 Å². The molecule has 1 saturated heterocycles. The van der Waals surface area contributed by atoms with Crippen LogP contribution < -0.4 is 14.8 Å². The first-order chi connectivity index (χ1) is 17.4. The van der Waals surface area contributed by atoms with Crippen molar-refractivity contribution >= 4 is 40.1 Å². The first-order valence-corrected chi connectivity index (χ1v) is 12.4. The van der Waals surface area contributed by atoms with Crippen LogP contribution in [0.3, 0.4) is 0 Å². The minimum absolute atomic E-state index is 0.0825. The van der Waals surface area contributed by atoms with E-state index >= 15 is 0 Å². The molecule has 4 rings (SSSR count). The Kier molecular flexibility index (Phi) is 7.95. The molecule has 36 heavy (non-hydrogen) atoms. The minimum Gasteiger partial charge on any atom is -0.497 e. The van der Waals surface area contributed by atoms with Gasteiger partial charge in [-0.3, -0.25) is 14.5 Å². The molecule has 1 heterocycles. The SMILES string of the molecule is COc1ccc(CN2C(=O)CC(C(=O)Nc3ccc(C)cc3C)SC2=Nc2ccc(OC)cc2)cc1. The highest BCUT2D eigenvalue weighted by molar-refractivity contribution is 8.15. The number of hydrogen-bond donors (Lipinski definition) is 1. The maximum Gasteiger partial charge on any atom is 0.238 e. The lowest BCUT2D eigenvalue weighted by Gasteiger charge is -2.32. The van der Waals surface area contributed by atoms with Gasteiger partial charge in [-0.2, -0.15) is 0 Å². The average Bonchev–Trinajstić information content (AvgIpc) is 2.88. The Morgan fingerprint density at radius 2 is 1.64 bits per heavy atom. The highest BCUT2D eigenvalue weighted by atomic mass is 32.2. The fourth-order valence-electron chi connectivity index (χ4n) is 3.84. The van der Waals surface area contributed by atoms with Gasteiger partial charge in [0.25, 0.3) is 0 Å². The van der Waals surface area contributed by atoms with Crippen LogP contribution >= 0.6 is 11.8 Å². The summed E-state index contributed by atoms with van der Waals surface area (Å²) in [6.45, 7) is 4.30. The number of carbonyl (C=O) groups excluding carboxylic acids is 2. The molecular formula is C28H29N3O4S. The van der Waals surface area contributed by atoms with Gasteiger partial charge in [0, 0.05) is 12.1 Å². The second-order valence-electron chi connectivity index (χ2n) is 8.54. The molecular weight excluding hydrogens is 474 g/mol. The molecule has 1 aliphatic rings. The summed E-state index contributed by atoms with van der Waals surface area (Å²) in [5, 5.41) is 2.87. The Morgan fingerprint density at radius 1 is 1.00 bits per heavy atom. The number of aliphatic imine (C=N–C) groups is 1.